The minimum Gasteiger partial charge on any atom is -0.223 e. The largest absolute Gasteiger partial charge is 0.393 e. The van der Waals surface area contributed by atoms with Gasteiger partial charge in [0.15, 0.2) is 9.84 Å². The Morgan fingerprint density at radius 2 is 1.77 bits per heavy atom. The molecule has 6 heteroatoms. The summed E-state index contributed by atoms with van der Waals surface area (Å²) in [5.41, 5.74) is -0.0219. The standard InChI is InChI=1S/C16H21F3O2S/c1-11-7-13(8-11)15(2,3)22(20,21)14-6-4-5-12(9-14)10-16(17,18)19/h4-6,9,11,13H,7-8,10H2,1-3H3. The second kappa shape index (κ2) is 5.55. The van der Waals surface area contributed by atoms with Crippen molar-refractivity contribution in [3.05, 3.63) is 29.8 Å². The number of hydrogen-bond acceptors (Lipinski definition) is 2. The van der Waals surface area contributed by atoms with Gasteiger partial charge in [-0.15, -0.1) is 0 Å². The van der Waals surface area contributed by atoms with E-state index in [1.807, 2.05) is 0 Å². The van der Waals surface area contributed by atoms with Gasteiger partial charge < -0.3 is 0 Å². The monoisotopic (exact) mass is 334 g/mol. The van der Waals surface area contributed by atoms with Crippen LogP contribution in [0.4, 0.5) is 13.2 Å². The third-order valence-corrected chi connectivity index (χ3v) is 7.26. The van der Waals surface area contributed by atoms with Gasteiger partial charge in [0.1, 0.15) is 0 Å². The lowest BCUT2D eigenvalue weighted by Crippen LogP contribution is -2.45. The average molecular weight is 334 g/mol. The molecule has 2 rings (SSSR count). The van der Waals surface area contributed by atoms with Crippen LogP contribution in [-0.4, -0.2) is 19.3 Å². The molecule has 124 valence electrons. The van der Waals surface area contributed by atoms with Gasteiger partial charge in [-0.25, -0.2) is 8.42 Å². The van der Waals surface area contributed by atoms with Gasteiger partial charge in [0.05, 0.1) is 16.1 Å². The third-order valence-electron chi connectivity index (χ3n) is 4.66. The van der Waals surface area contributed by atoms with Crippen molar-refractivity contribution < 1.29 is 21.6 Å². The lowest BCUT2D eigenvalue weighted by molar-refractivity contribution is -0.127. The second-order valence-corrected chi connectivity index (χ2v) is 9.35. The van der Waals surface area contributed by atoms with Crippen molar-refractivity contribution in [1.82, 2.24) is 0 Å². The van der Waals surface area contributed by atoms with Gasteiger partial charge in [-0.1, -0.05) is 19.1 Å². The van der Waals surface area contributed by atoms with E-state index < -0.39 is 27.2 Å². The molecule has 1 aliphatic rings. The number of rotatable bonds is 4. The zero-order chi connectivity index (χ0) is 16.8. The Hall–Kier alpha value is -1.04. The molecule has 0 saturated heterocycles. The Balaban J connectivity index is 2.31. The topological polar surface area (TPSA) is 34.1 Å². The zero-order valence-electron chi connectivity index (χ0n) is 12.9. The Morgan fingerprint density at radius 1 is 1.18 bits per heavy atom. The third kappa shape index (κ3) is 3.31. The maximum Gasteiger partial charge on any atom is 0.393 e. The van der Waals surface area contributed by atoms with E-state index in [-0.39, 0.29) is 16.4 Å². The fourth-order valence-electron chi connectivity index (χ4n) is 3.05. The SMILES string of the molecule is CC1CC(C(C)(C)S(=O)(=O)c2cccc(CC(F)(F)F)c2)C1. The molecule has 2 nitrogen and oxygen atoms in total. The van der Waals surface area contributed by atoms with Crippen LogP contribution in [0.2, 0.25) is 0 Å². The number of sulfone groups is 1. The number of halogens is 3. The Labute approximate surface area is 129 Å². The number of alkyl halides is 3. The molecular formula is C16H21F3O2S. The van der Waals surface area contributed by atoms with Crippen LogP contribution in [0.1, 0.15) is 39.2 Å². The molecule has 0 radical (unpaired) electrons. The molecule has 0 N–H and O–H groups in total. The highest BCUT2D eigenvalue weighted by molar-refractivity contribution is 7.92. The summed E-state index contributed by atoms with van der Waals surface area (Å²) in [7, 11) is -3.67. The summed E-state index contributed by atoms with van der Waals surface area (Å²) in [4.78, 5) is -0.0150. The van der Waals surface area contributed by atoms with E-state index >= 15 is 0 Å². The molecule has 0 spiro atoms. The molecule has 0 heterocycles. The molecule has 1 aromatic carbocycles. The predicted octanol–water partition coefficient (Wildman–Crippen LogP) is 4.39. The van der Waals surface area contributed by atoms with Gasteiger partial charge in [-0.05, 0) is 56.2 Å². The molecule has 0 aliphatic heterocycles. The molecule has 1 aliphatic carbocycles. The number of hydrogen-bond donors (Lipinski definition) is 0. The minimum atomic E-state index is -4.35. The first-order valence-corrected chi connectivity index (χ1v) is 8.82. The van der Waals surface area contributed by atoms with Crippen LogP contribution in [0.15, 0.2) is 29.2 Å². The van der Waals surface area contributed by atoms with Crippen LogP contribution in [-0.2, 0) is 16.3 Å². The highest BCUT2D eigenvalue weighted by Gasteiger charge is 2.47. The lowest BCUT2D eigenvalue weighted by Gasteiger charge is -2.43. The van der Waals surface area contributed by atoms with Crippen LogP contribution < -0.4 is 0 Å². The highest BCUT2D eigenvalue weighted by Crippen LogP contribution is 2.46. The number of benzene rings is 1. The molecule has 0 unspecified atom stereocenters. The first kappa shape index (κ1) is 17.3. The van der Waals surface area contributed by atoms with Crippen LogP contribution in [0.25, 0.3) is 0 Å². The summed E-state index contributed by atoms with van der Waals surface area (Å²) in [5.74, 6) is 0.565. The zero-order valence-corrected chi connectivity index (χ0v) is 13.8. The van der Waals surface area contributed by atoms with Crippen LogP contribution in [0.3, 0.4) is 0 Å². The van der Waals surface area contributed by atoms with E-state index in [1.54, 1.807) is 13.8 Å². The fraction of sp³-hybridized carbons (Fsp3) is 0.625. The molecule has 0 amide bonds. The van der Waals surface area contributed by atoms with Crippen LogP contribution in [0, 0.1) is 11.8 Å². The second-order valence-electron chi connectivity index (χ2n) is 6.82. The summed E-state index contributed by atoms with van der Waals surface area (Å²) in [6.45, 7) is 5.42. The van der Waals surface area contributed by atoms with Gasteiger partial charge in [0.2, 0.25) is 0 Å². The molecule has 0 bridgehead atoms. The molecule has 1 fully saturated rings. The summed E-state index contributed by atoms with van der Waals surface area (Å²) >= 11 is 0. The van der Waals surface area contributed by atoms with Gasteiger partial charge in [-0.2, -0.15) is 13.2 Å². The van der Waals surface area contributed by atoms with E-state index in [0.717, 1.165) is 18.9 Å². The van der Waals surface area contributed by atoms with Crippen molar-refractivity contribution in [3.63, 3.8) is 0 Å². The lowest BCUT2D eigenvalue weighted by atomic mass is 9.70. The van der Waals surface area contributed by atoms with Crippen molar-refractivity contribution in [1.29, 1.82) is 0 Å². The summed E-state index contributed by atoms with van der Waals surface area (Å²) < 4.78 is 62.2. The molecule has 1 saturated carbocycles. The van der Waals surface area contributed by atoms with Gasteiger partial charge >= 0.3 is 6.18 Å². The molecule has 0 atom stereocenters. The van der Waals surface area contributed by atoms with Crippen molar-refractivity contribution in [2.45, 2.75) is 55.9 Å². The van der Waals surface area contributed by atoms with Gasteiger partial charge in [0.25, 0.3) is 0 Å². The van der Waals surface area contributed by atoms with E-state index in [4.69, 9.17) is 0 Å². The maximum absolute atomic E-state index is 12.8. The molecular weight excluding hydrogens is 313 g/mol. The molecule has 0 aromatic heterocycles. The van der Waals surface area contributed by atoms with Gasteiger partial charge in [0, 0.05) is 0 Å². The van der Waals surface area contributed by atoms with Crippen LogP contribution >= 0.6 is 0 Å². The van der Waals surface area contributed by atoms with Crippen molar-refractivity contribution >= 4 is 9.84 Å². The van der Waals surface area contributed by atoms with Gasteiger partial charge in [-0.3, -0.25) is 0 Å². The van der Waals surface area contributed by atoms with E-state index in [2.05, 4.69) is 6.92 Å². The first-order valence-electron chi connectivity index (χ1n) is 7.34. The van der Waals surface area contributed by atoms with Crippen molar-refractivity contribution in [2.24, 2.45) is 11.8 Å². The Morgan fingerprint density at radius 3 is 2.27 bits per heavy atom. The summed E-state index contributed by atoms with van der Waals surface area (Å²) in [6, 6.07) is 5.24. The highest BCUT2D eigenvalue weighted by atomic mass is 32.2. The Bertz CT molecular complexity index is 642. The summed E-state index contributed by atoms with van der Waals surface area (Å²) in [6.07, 6.45) is -3.78. The minimum absolute atomic E-state index is 0.0150. The Kier molecular flexibility index (Phi) is 4.37. The summed E-state index contributed by atoms with van der Waals surface area (Å²) in [5, 5.41) is 0. The van der Waals surface area contributed by atoms with Crippen LogP contribution in [0.5, 0.6) is 0 Å². The maximum atomic E-state index is 12.8. The smallest absolute Gasteiger partial charge is 0.223 e. The normalized spacial score (nSPS) is 23.2. The fourth-order valence-corrected chi connectivity index (χ4v) is 4.85. The predicted molar refractivity (Wildman–Crippen MR) is 79.4 cm³/mol. The van der Waals surface area contributed by atoms with E-state index in [1.165, 1.54) is 18.2 Å². The van der Waals surface area contributed by atoms with E-state index in [0.29, 0.717) is 5.92 Å². The van der Waals surface area contributed by atoms with Crippen molar-refractivity contribution in [3.8, 4) is 0 Å². The first-order chi connectivity index (χ1) is 9.93. The van der Waals surface area contributed by atoms with E-state index in [9.17, 15) is 21.6 Å². The molecule has 1 aromatic rings. The van der Waals surface area contributed by atoms with Crippen molar-refractivity contribution in [2.75, 3.05) is 0 Å². The molecule has 22 heavy (non-hydrogen) atoms. The average Bonchev–Trinajstić information content (AvgIpc) is 2.33. The quantitative estimate of drug-likeness (QED) is 0.818.